The number of hydrogen-bond donors (Lipinski definition) is 0. The van der Waals surface area contributed by atoms with Gasteiger partial charge in [-0.1, -0.05) is 170 Å². The van der Waals surface area contributed by atoms with Crippen molar-refractivity contribution in [2.75, 3.05) is 0 Å². The third-order valence-electron chi connectivity index (χ3n) is 12.2. The average Bonchev–Trinajstić information content (AvgIpc) is 3.69. The number of benzene rings is 10. The predicted molar refractivity (Wildman–Crippen MR) is 251 cm³/mol. The largest absolute Gasteiger partial charge is 0.208 e. The first-order valence-corrected chi connectivity index (χ1v) is 20.8. The van der Waals surface area contributed by atoms with Crippen molar-refractivity contribution >= 4 is 96.1 Å². The van der Waals surface area contributed by atoms with E-state index in [-0.39, 0.29) is 0 Å². The van der Waals surface area contributed by atoms with Crippen molar-refractivity contribution in [3.05, 3.63) is 188 Å². The normalized spacial score (nSPS) is 12.1. The number of hydrogen-bond acceptors (Lipinski definition) is 4. The van der Waals surface area contributed by atoms with Crippen molar-refractivity contribution in [3.63, 3.8) is 0 Å². The van der Waals surface area contributed by atoms with Crippen LogP contribution in [0.25, 0.3) is 130 Å². The monoisotopic (exact) mass is 765 g/mol. The molecule has 0 aliphatic carbocycles. The lowest BCUT2D eigenvalue weighted by atomic mass is 9.87. The minimum atomic E-state index is 0.643. The Hall–Kier alpha value is -7.53. The van der Waals surface area contributed by atoms with Crippen LogP contribution < -0.4 is 0 Å². The van der Waals surface area contributed by atoms with Gasteiger partial charge in [-0.3, -0.25) is 0 Å². The summed E-state index contributed by atoms with van der Waals surface area (Å²) < 4.78 is 2.61. The highest BCUT2D eigenvalue weighted by molar-refractivity contribution is 7.26. The van der Waals surface area contributed by atoms with E-state index in [2.05, 4.69) is 170 Å². The van der Waals surface area contributed by atoms with E-state index in [0.717, 1.165) is 22.1 Å². The Morgan fingerprint density at radius 2 is 0.763 bits per heavy atom. The maximum absolute atomic E-state index is 5.29. The standard InChI is InChI=1S/C55H31N3S/c1-2-10-36(11-3-1)53-56-54(37-27-22-32(23-28-37)40-16-9-20-45-41-15-4-5-21-47(41)59-52(40)45)58-55(57-53)39-30-38-29-26-35-13-7-18-43-42-17-6-12-33-24-25-34-14-8-19-44(50(34)48(33)42)46(31-39)51(38)49(35)43/h1-31H. The molecule has 0 fully saturated rings. The molecule has 0 N–H and O–H groups in total. The first-order valence-electron chi connectivity index (χ1n) is 20.0. The van der Waals surface area contributed by atoms with E-state index in [1.165, 1.54) is 90.5 Å². The third kappa shape index (κ3) is 4.91. The number of fused-ring (bicyclic) bond motifs is 5. The lowest BCUT2D eigenvalue weighted by Crippen LogP contribution is -2.00. The molecule has 13 rings (SSSR count). The van der Waals surface area contributed by atoms with Gasteiger partial charge < -0.3 is 0 Å². The second-order valence-corrected chi connectivity index (χ2v) is 16.5. The molecule has 59 heavy (non-hydrogen) atoms. The molecular formula is C55H31N3S. The van der Waals surface area contributed by atoms with E-state index < -0.39 is 0 Å². The van der Waals surface area contributed by atoms with Crippen LogP contribution in [0.2, 0.25) is 0 Å². The van der Waals surface area contributed by atoms with Gasteiger partial charge in [-0.15, -0.1) is 11.3 Å². The molecule has 4 heteroatoms. The summed E-state index contributed by atoms with van der Waals surface area (Å²) >= 11 is 1.85. The Morgan fingerprint density at radius 1 is 0.288 bits per heavy atom. The van der Waals surface area contributed by atoms with Gasteiger partial charge in [0.15, 0.2) is 17.5 Å². The van der Waals surface area contributed by atoms with Gasteiger partial charge in [0.2, 0.25) is 0 Å². The Kier molecular flexibility index (Phi) is 6.89. The summed E-state index contributed by atoms with van der Waals surface area (Å²) in [6.07, 6.45) is 0. The Morgan fingerprint density at radius 3 is 1.42 bits per heavy atom. The Bertz CT molecular complexity index is 3820. The van der Waals surface area contributed by atoms with E-state index in [9.17, 15) is 0 Å². The molecule has 0 radical (unpaired) electrons. The maximum Gasteiger partial charge on any atom is 0.164 e. The van der Waals surface area contributed by atoms with E-state index in [1.807, 2.05) is 29.5 Å². The Labute approximate surface area is 342 Å². The number of rotatable bonds is 4. The topological polar surface area (TPSA) is 38.7 Å². The summed E-state index contributed by atoms with van der Waals surface area (Å²) in [7, 11) is 0. The highest BCUT2D eigenvalue weighted by Crippen LogP contribution is 2.45. The van der Waals surface area contributed by atoms with E-state index in [0.29, 0.717) is 17.5 Å². The van der Waals surface area contributed by atoms with Crippen LogP contribution in [0.3, 0.4) is 0 Å². The van der Waals surface area contributed by atoms with Crippen molar-refractivity contribution in [1.82, 2.24) is 15.0 Å². The maximum atomic E-state index is 5.29. The van der Waals surface area contributed by atoms with Crippen LogP contribution in [-0.2, 0) is 0 Å². The lowest BCUT2D eigenvalue weighted by Gasteiger charge is -2.17. The minimum absolute atomic E-state index is 0.643. The lowest BCUT2D eigenvalue weighted by molar-refractivity contribution is 1.07. The van der Waals surface area contributed by atoms with Crippen LogP contribution in [0.4, 0.5) is 0 Å². The minimum Gasteiger partial charge on any atom is -0.208 e. The molecular weight excluding hydrogens is 735 g/mol. The van der Waals surface area contributed by atoms with Crippen molar-refractivity contribution in [1.29, 1.82) is 0 Å². The van der Waals surface area contributed by atoms with Gasteiger partial charge in [0, 0.05) is 36.9 Å². The third-order valence-corrected chi connectivity index (χ3v) is 13.4. The van der Waals surface area contributed by atoms with Crippen LogP contribution in [-0.4, -0.2) is 15.0 Å². The highest BCUT2D eigenvalue weighted by atomic mass is 32.1. The first-order chi connectivity index (χ1) is 29.2. The molecule has 13 aromatic rings. The smallest absolute Gasteiger partial charge is 0.164 e. The van der Waals surface area contributed by atoms with Gasteiger partial charge >= 0.3 is 0 Å². The van der Waals surface area contributed by atoms with E-state index in [1.54, 1.807) is 0 Å². The zero-order chi connectivity index (χ0) is 38.6. The zero-order valence-electron chi connectivity index (χ0n) is 31.6. The fourth-order valence-electron chi connectivity index (χ4n) is 9.54. The number of nitrogens with zero attached hydrogens (tertiary/aromatic N) is 3. The van der Waals surface area contributed by atoms with Crippen LogP contribution >= 0.6 is 11.3 Å². The molecule has 0 saturated carbocycles. The summed E-state index contributed by atoms with van der Waals surface area (Å²) in [5.74, 6) is 1.94. The fraction of sp³-hybridized carbons (Fsp3) is 0. The summed E-state index contributed by atoms with van der Waals surface area (Å²) in [6.45, 7) is 0. The number of thiophene rings is 1. The molecule has 0 unspecified atom stereocenters. The fourth-order valence-corrected chi connectivity index (χ4v) is 10.8. The summed E-state index contributed by atoms with van der Waals surface area (Å²) in [4.78, 5) is 15.6. The van der Waals surface area contributed by atoms with Gasteiger partial charge in [-0.25, -0.2) is 15.0 Å². The second-order valence-electron chi connectivity index (χ2n) is 15.5. The van der Waals surface area contributed by atoms with E-state index in [4.69, 9.17) is 15.0 Å². The second kappa shape index (κ2) is 12.5. The molecule has 0 bridgehead atoms. The molecule has 272 valence electrons. The number of aromatic nitrogens is 3. The van der Waals surface area contributed by atoms with Crippen molar-refractivity contribution in [3.8, 4) is 45.3 Å². The SMILES string of the molecule is c1ccc(-c2nc(-c3ccc(-c4cccc5c4sc4ccccc45)cc3)nc(-c3cc4ccc5cccc6c7cccc8ccc9cccc(c(c3)c4c56)c9c87)n2)cc1. The zero-order valence-corrected chi connectivity index (χ0v) is 32.5. The summed E-state index contributed by atoms with van der Waals surface area (Å²) in [5.41, 5.74) is 5.25. The van der Waals surface area contributed by atoms with Crippen LogP contribution in [0, 0.1) is 0 Å². The molecule has 0 saturated heterocycles. The van der Waals surface area contributed by atoms with Crippen molar-refractivity contribution in [2.45, 2.75) is 0 Å². The molecule has 0 aliphatic rings. The van der Waals surface area contributed by atoms with Gasteiger partial charge in [0.1, 0.15) is 0 Å². The van der Waals surface area contributed by atoms with E-state index >= 15 is 0 Å². The predicted octanol–water partition coefficient (Wildman–Crippen LogP) is 15.3. The molecule has 0 atom stereocenters. The van der Waals surface area contributed by atoms with Gasteiger partial charge in [-0.2, -0.15) is 0 Å². The first kappa shape index (κ1) is 32.5. The Balaban J connectivity index is 1.05. The van der Waals surface area contributed by atoms with Gasteiger partial charge in [0.05, 0.1) is 0 Å². The molecule has 0 amide bonds. The molecule has 0 aliphatic heterocycles. The van der Waals surface area contributed by atoms with Gasteiger partial charge in [0.25, 0.3) is 0 Å². The summed E-state index contributed by atoms with van der Waals surface area (Å²) in [6, 6.07) is 68.1. The quantitative estimate of drug-likeness (QED) is 0.168. The molecule has 3 nitrogen and oxygen atoms in total. The highest BCUT2D eigenvalue weighted by Gasteiger charge is 2.19. The van der Waals surface area contributed by atoms with Crippen molar-refractivity contribution < 1.29 is 0 Å². The van der Waals surface area contributed by atoms with Crippen LogP contribution in [0.1, 0.15) is 0 Å². The molecule has 2 heterocycles. The molecule has 0 spiro atoms. The molecule has 2 aromatic heterocycles. The van der Waals surface area contributed by atoms with Crippen LogP contribution in [0.15, 0.2) is 188 Å². The average molecular weight is 766 g/mol. The summed E-state index contributed by atoms with van der Waals surface area (Å²) in [5, 5.41) is 17.5. The van der Waals surface area contributed by atoms with Crippen LogP contribution in [0.5, 0.6) is 0 Å². The van der Waals surface area contributed by atoms with Gasteiger partial charge in [-0.05, 0) is 94.0 Å². The molecule has 11 aromatic carbocycles. The van der Waals surface area contributed by atoms with Crippen molar-refractivity contribution in [2.24, 2.45) is 0 Å².